The molecule has 14 atom stereocenters. The van der Waals surface area contributed by atoms with Crippen molar-refractivity contribution in [2.75, 3.05) is 24.6 Å². The van der Waals surface area contributed by atoms with E-state index in [0.29, 0.717) is 45.0 Å². The van der Waals surface area contributed by atoms with Gasteiger partial charge in [-0.2, -0.15) is 25.3 Å². The number of primary amides is 1. The van der Waals surface area contributed by atoms with E-state index in [1.165, 1.54) is 25.6 Å². The number of aromatic nitrogens is 4. The Bertz CT molecular complexity index is 4020. The van der Waals surface area contributed by atoms with E-state index in [2.05, 4.69) is 120 Å². The smallest absolute Gasteiger partial charge is 0.328 e. The van der Waals surface area contributed by atoms with E-state index in [4.69, 9.17) is 17.2 Å². The predicted molar refractivity (Wildman–Crippen MR) is 404 cm³/mol. The molecule has 2 aromatic carbocycles. The topological polar surface area (TPSA) is 639 Å². The number of hydrogen-bond acceptors (Lipinski definition) is 22. The standard InChI is InChI=1S/C69H101N21O18S2/c1-7-33(4)54(71)66(105)88-50(30-110)64(103)89-55(32(2)3)67(106)86-46(22-37-26-77-42-16-11-9-14-40(37)42)61(100)82-44(18-19-51(70)92)60(99)85-48(24-53(94)95)63(102)84-45(21-36-25-76-41-15-10-8-13-39(36)41)58(97)78-28-52(93)80-34(5)57(96)83-47(23-38-27-74-31-79-38)62(101)81-43(17-12-20-75-69(72)73)59(98)87-49(29-109)65(104)90-56(35(6)91)68(107)108/h8-11,13-16,25-27,31-35,43-50,54-56,69,75-77,91,109-110H,7,12,17-24,28-30,71-73H2,1-6H3,(H2,70,92)(H,74,79)(H,78,97)(H,80,93)(H,81,101)(H,82,100)(H,83,96)(H,84,102)(H,85,99)(H,86,106)(H,87,98)(H,88,105)(H,89,103)(H,90,104)(H,94,95)(H,107,108)/p+1/t33-,34-,35+,43-,44-,45-,46-,47-,48-,49-,50-,54-,55-,56-/m0/s1. The van der Waals surface area contributed by atoms with E-state index in [0.717, 1.165) is 6.92 Å². The quantitative estimate of drug-likeness (QED) is 0.00979. The van der Waals surface area contributed by atoms with Crippen molar-refractivity contribution >= 4 is 136 Å². The molecule has 13 amide bonds. The normalized spacial score (nSPS) is 15.2. The maximum Gasteiger partial charge on any atom is 0.328 e. The molecule has 0 saturated heterocycles. The number of hydrogen-bond donors (Lipinski definition) is 25. The number of rotatable bonds is 47. The minimum Gasteiger partial charge on any atom is -0.481 e. The first kappa shape index (κ1) is 89.9. The fraction of sp³-hybridized carbons (Fsp3) is 0.507. The summed E-state index contributed by atoms with van der Waals surface area (Å²) in [7, 11) is 0. The molecule has 0 aliphatic rings. The second-order valence-electron chi connectivity index (χ2n) is 26.8. The number of carboxylic acids is 2. The Morgan fingerprint density at radius 2 is 0.991 bits per heavy atom. The summed E-state index contributed by atoms with van der Waals surface area (Å²) in [5.41, 5.74) is 23.2. The van der Waals surface area contributed by atoms with Crippen LogP contribution in [-0.2, 0) is 91.2 Å². The summed E-state index contributed by atoms with van der Waals surface area (Å²) in [5.74, 6) is -17.2. The number of aliphatic carboxylic acids is 2. The number of aliphatic hydroxyl groups is 1. The first-order valence-electron chi connectivity index (χ1n) is 35.4. The van der Waals surface area contributed by atoms with Crippen molar-refractivity contribution in [3.63, 3.8) is 0 Å². The third kappa shape index (κ3) is 28.1. The van der Waals surface area contributed by atoms with Gasteiger partial charge in [0.1, 0.15) is 66.7 Å². The van der Waals surface area contributed by atoms with Crippen LogP contribution in [0.4, 0.5) is 0 Å². The molecule has 41 heteroatoms. The zero-order valence-corrected chi connectivity index (χ0v) is 63.4. The Labute approximate surface area is 643 Å². The molecule has 5 aromatic rings. The number of aromatic amines is 3. The van der Waals surface area contributed by atoms with Crippen LogP contribution in [0.15, 0.2) is 73.4 Å². The van der Waals surface area contributed by atoms with Crippen LogP contribution in [-0.4, -0.2) is 233 Å². The molecule has 3 heterocycles. The molecule has 28 N–H and O–H groups in total. The molecule has 0 aliphatic heterocycles. The number of nitrogens with one attached hydrogen (secondary N) is 16. The minimum atomic E-state index is -2.05. The second kappa shape index (κ2) is 44.1. The van der Waals surface area contributed by atoms with Gasteiger partial charge >= 0.3 is 11.9 Å². The van der Waals surface area contributed by atoms with Crippen molar-refractivity contribution in [1.82, 2.24) is 89.1 Å². The van der Waals surface area contributed by atoms with Gasteiger partial charge in [0, 0.05) is 89.2 Å². The summed E-state index contributed by atoms with van der Waals surface area (Å²) in [5, 5.41) is 63.3. The lowest BCUT2D eigenvalue weighted by Crippen LogP contribution is -2.71. The number of quaternary nitrogens is 1. The van der Waals surface area contributed by atoms with Crippen LogP contribution >= 0.6 is 25.3 Å². The largest absolute Gasteiger partial charge is 0.481 e. The number of carbonyl (C=O) groups is 15. The van der Waals surface area contributed by atoms with Gasteiger partial charge in [-0.25, -0.2) is 9.78 Å². The van der Waals surface area contributed by atoms with Crippen LogP contribution in [0, 0.1) is 11.8 Å². The Kier molecular flexibility index (Phi) is 36.0. The Hall–Kier alpha value is -10.7. The number of aliphatic hydroxyl groups excluding tert-OH is 1. The van der Waals surface area contributed by atoms with E-state index >= 15 is 0 Å². The lowest BCUT2D eigenvalue weighted by molar-refractivity contribution is -0.415. The number of benzene rings is 2. The van der Waals surface area contributed by atoms with Gasteiger partial charge in [-0.15, -0.1) is 0 Å². The molecule has 0 fully saturated rings. The van der Waals surface area contributed by atoms with Crippen LogP contribution < -0.4 is 92.1 Å². The SMILES string of the molecule is CC[C@H](C)[C@H]([NH3+])C(=O)N[C@@H](CS)C(=O)N[C@H](C(=O)N[C@@H](Cc1c[nH]c2ccccc12)C(=O)N[C@@H](CCC(N)=O)C(=O)N[C@@H](CC(=O)O)C(=O)N[C@@H](Cc1c[nH]c2ccccc12)C(=O)NCC(=O)N[C@@H](C)C(=O)N[C@@H](Cc1cnc[nH]1)C(=O)N[C@@H](CCCNC(N)N)C(=O)N[C@@H](CS)C(=O)N[C@H](C(=O)O)[C@@H](C)O)C(C)C. The number of imidazole rings is 1. The van der Waals surface area contributed by atoms with Gasteiger partial charge in [-0.1, -0.05) is 64.1 Å². The number of nitrogens with zero attached hydrogens (tertiary/aromatic N) is 1. The molecule has 602 valence electrons. The second-order valence-corrected chi connectivity index (χ2v) is 27.5. The van der Waals surface area contributed by atoms with Crippen LogP contribution in [0.2, 0.25) is 0 Å². The Morgan fingerprint density at radius 1 is 0.536 bits per heavy atom. The lowest BCUT2D eigenvalue weighted by Gasteiger charge is -2.28. The number of carboxylic acid groups (broad SMARTS) is 2. The van der Waals surface area contributed by atoms with Gasteiger partial charge < -0.3 is 117 Å². The van der Waals surface area contributed by atoms with Crippen LogP contribution in [0.1, 0.15) is 96.9 Å². The third-order valence-electron chi connectivity index (χ3n) is 17.9. The van der Waals surface area contributed by atoms with E-state index < -0.39 is 205 Å². The minimum absolute atomic E-state index is 0.129. The first-order valence-corrected chi connectivity index (χ1v) is 36.7. The average Bonchev–Trinajstić information content (AvgIpc) is 1.63. The highest BCUT2D eigenvalue weighted by Crippen LogP contribution is 2.22. The number of H-pyrrole nitrogens is 3. The van der Waals surface area contributed by atoms with Gasteiger partial charge in [0.25, 0.3) is 5.91 Å². The van der Waals surface area contributed by atoms with Crippen molar-refractivity contribution < 1.29 is 93.0 Å². The summed E-state index contributed by atoms with van der Waals surface area (Å²) in [6, 6.07) is -4.27. The Morgan fingerprint density at radius 3 is 1.48 bits per heavy atom. The molecule has 0 bridgehead atoms. The van der Waals surface area contributed by atoms with E-state index in [1.54, 1.807) is 68.6 Å². The highest BCUT2D eigenvalue weighted by atomic mass is 32.1. The summed E-state index contributed by atoms with van der Waals surface area (Å²) in [4.78, 5) is 218. The van der Waals surface area contributed by atoms with Crippen LogP contribution in [0.5, 0.6) is 0 Å². The zero-order valence-electron chi connectivity index (χ0n) is 61.6. The van der Waals surface area contributed by atoms with Crippen molar-refractivity contribution in [1.29, 1.82) is 0 Å². The first-order chi connectivity index (χ1) is 52.0. The predicted octanol–water partition coefficient (Wildman–Crippen LogP) is -6.18. The van der Waals surface area contributed by atoms with Crippen molar-refractivity contribution in [2.45, 2.75) is 184 Å². The summed E-state index contributed by atoms with van der Waals surface area (Å²) < 4.78 is 0. The monoisotopic (exact) mass is 1580 g/mol. The lowest BCUT2D eigenvalue weighted by atomic mass is 9.99. The molecule has 0 spiro atoms. The maximum absolute atomic E-state index is 14.8. The molecule has 0 aliphatic carbocycles. The zero-order chi connectivity index (χ0) is 81.6. The van der Waals surface area contributed by atoms with Gasteiger partial charge in [-0.05, 0) is 75.3 Å². The van der Waals surface area contributed by atoms with Crippen molar-refractivity contribution in [3.8, 4) is 0 Å². The summed E-state index contributed by atoms with van der Waals surface area (Å²) >= 11 is 8.40. The number of fused-ring (bicyclic) bond motifs is 2. The molecular weight excluding hydrogens is 1480 g/mol. The number of para-hydroxylation sites is 2. The number of nitrogens with two attached hydrogens (primary N) is 3. The highest BCUT2D eigenvalue weighted by Gasteiger charge is 2.38. The molecule has 110 heavy (non-hydrogen) atoms. The van der Waals surface area contributed by atoms with Gasteiger partial charge in [0.05, 0.1) is 25.4 Å². The fourth-order valence-corrected chi connectivity index (χ4v) is 11.8. The third-order valence-corrected chi connectivity index (χ3v) is 18.6. The summed E-state index contributed by atoms with van der Waals surface area (Å²) in [6.45, 7) is 8.54. The molecule has 0 radical (unpaired) electrons. The molecule has 0 unspecified atom stereocenters. The van der Waals surface area contributed by atoms with Crippen LogP contribution in [0.25, 0.3) is 21.8 Å². The fourth-order valence-electron chi connectivity index (χ4n) is 11.3. The Balaban J connectivity index is 1.36. The molecule has 3 aromatic heterocycles. The van der Waals surface area contributed by atoms with Gasteiger partial charge in [0.2, 0.25) is 70.9 Å². The molecular formula is C69H102N21O18S2+. The molecule has 5 rings (SSSR count). The van der Waals surface area contributed by atoms with E-state index in [-0.39, 0.29) is 56.1 Å². The maximum atomic E-state index is 14.8. The average molecular weight is 1580 g/mol. The molecule has 39 nitrogen and oxygen atoms in total. The molecule has 0 saturated carbocycles. The van der Waals surface area contributed by atoms with Crippen LogP contribution in [0.3, 0.4) is 0 Å². The van der Waals surface area contributed by atoms with E-state index in [1.807, 2.05) is 13.8 Å². The van der Waals surface area contributed by atoms with Crippen molar-refractivity contribution in [3.05, 3.63) is 90.3 Å². The highest BCUT2D eigenvalue weighted by molar-refractivity contribution is 7.80. The van der Waals surface area contributed by atoms with E-state index in [9.17, 15) is 87.2 Å². The van der Waals surface area contributed by atoms with Crippen molar-refractivity contribution in [2.24, 2.45) is 29.0 Å². The number of thiol groups is 2. The number of carbonyl (C=O) groups excluding carboxylic acids is 13. The summed E-state index contributed by atoms with van der Waals surface area (Å²) in [6.07, 6.45) is 0.729. The van der Waals surface area contributed by atoms with Gasteiger partial charge in [0.15, 0.2) is 12.1 Å². The number of amides is 13. The van der Waals surface area contributed by atoms with Gasteiger partial charge in [-0.3, -0.25) is 72.4 Å².